The molecular weight excluding hydrogens is 390 g/mol. The van der Waals surface area contributed by atoms with Crippen LogP contribution in [-0.4, -0.2) is 34.9 Å². The quantitative estimate of drug-likeness (QED) is 0.354. The van der Waals surface area contributed by atoms with Crippen molar-refractivity contribution in [2.45, 2.75) is 37.4 Å². The maximum absolute atomic E-state index is 13.7. The molecule has 1 aromatic carbocycles. The number of hydrogen-bond acceptors (Lipinski definition) is 3. The van der Waals surface area contributed by atoms with E-state index in [0.29, 0.717) is 18.6 Å². The molecule has 3 rings (SSSR count). The standard InChI is InChI=1S/C18H16F6N2O2/c19-12-7-14(21)13(20)5-9(12)4-10(25)6-15(27)17-2-1-3-26(17)16(28)11(17)8-18(22,23)24/h5-7,11H,1-4,8,25H2/b10-6+. The molecule has 0 saturated carbocycles. The molecule has 0 spiro atoms. The predicted molar refractivity (Wildman–Crippen MR) is 85.1 cm³/mol. The number of carbonyl (C=O) groups excluding carboxylic acids is 2. The van der Waals surface area contributed by atoms with Gasteiger partial charge in [0.05, 0.1) is 12.3 Å². The third kappa shape index (κ3) is 3.35. The summed E-state index contributed by atoms with van der Waals surface area (Å²) in [7, 11) is 0. The Morgan fingerprint density at radius 3 is 2.50 bits per heavy atom. The van der Waals surface area contributed by atoms with Gasteiger partial charge in [0.15, 0.2) is 17.4 Å². The second kappa shape index (κ2) is 6.82. The number of nitrogens with two attached hydrogens (primary N) is 1. The van der Waals surface area contributed by atoms with Crippen LogP contribution in [0.15, 0.2) is 23.9 Å². The van der Waals surface area contributed by atoms with E-state index in [1.165, 1.54) is 0 Å². The molecule has 2 unspecified atom stereocenters. The molecule has 4 nitrogen and oxygen atoms in total. The maximum Gasteiger partial charge on any atom is 0.389 e. The number of nitrogens with zero attached hydrogens (tertiary/aromatic N) is 1. The fourth-order valence-electron chi connectivity index (χ4n) is 4.02. The van der Waals surface area contributed by atoms with Crippen molar-refractivity contribution in [1.82, 2.24) is 4.90 Å². The molecular formula is C18H16F6N2O2. The summed E-state index contributed by atoms with van der Waals surface area (Å²) >= 11 is 0. The van der Waals surface area contributed by atoms with Crippen molar-refractivity contribution in [2.24, 2.45) is 11.7 Å². The molecule has 0 aromatic heterocycles. The van der Waals surface area contributed by atoms with Crippen LogP contribution >= 0.6 is 0 Å². The summed E-state index contributed by atoms with van der Waals surface area (Å²) in [4.78, 5) is 25.9. The second-order valence-electron chi connectivity index (χ2n) is 7.01. The van der Waals surface area contributed by atoms with Crippen molar-refractivity contribution in [1.29, 1.82) is 0 Å². The Hall–Kier alpha value is -2.52. The molecule has 1 aromatic rings. The van der Waals surface area contributed by atoms with Gasteiger partial charge in [0.2, 0.25) is 5.91 Å². The van der Waals surface area contributed by atoms with E-state index in [1.807, 2.05) is 0 Å². The van der Waals surface area contributed by atoms with Crippen LogP contribution in [0, 0.1) is 23.4 Å². The van der Waals surface area contributed by atoms with Gasteiger partial charge in [-0.2, -0.15) is 13.2 Å². The minimum absolute atomic E-state index is 0.0711. The zero-order chi connectivity index (χ0) is 20.9. The summed E-state index contributed by atoms with van der Waals surface area (Å²) in [5.41, 5.74) is 3.55. The van der Waals surface area contributed by atoms with Crippen molar-refractivity contribution in [3.63, 3.8) is 0 Å². The van der Waals surface area contributed by atoms with Crippen molar-refractivity contribution in [3.05, 3.63) is 46.9 Å². The number of β-lactam (4-membered cyclic amide) rings is 1. The van der Waals surface area contributed by atoms with Gasteiger partial charge in [-0.3, -0.25) is 9.59 Å². The first-order valence-corrected chi connectivity index (χ1v) is 8.48. The number of ketones is 1. The average molecular weight is 406 g/mol. The normalized spacial score (nSPS) is 24.9. The molecule has 10 heteroatoms. The van der Waals surface area contributed by atoms with Gasteiger partial charge in [-0.15, -0.1) is 0 Å². The van der Waals surface area contributed by atoms with E-state index >= 15 is 0 Å². The minimum Gasteiger partial charge on any atom is -0.402 e. The molecule has 2 N–H and O–H groups in total. The third-order valence-electron chi connectivity index (χ3n) is 5.22. The highest BCUT2D eigenvalue weighted by molar-refractivity contribution is 6.09. The fourth-order valence-corrected chi connectivity index (χ4v) is 4.02. The largest absolute Gasteiger partial charge is 0.402 e. The van der Waals surface area contributed by atoms with Crippen molar-refractivity contribution >= 4 is 11.7 Å². The number of rotatable bonds is 5. The molecule has 2 heterocycles. The van der Waals surface area contributed by atoms with Crippen molar-refractivity contribution in [3.8, 4) is 0 Å². The van der Waals surface area contributed by atoms with E-state index in [9.17, 15) is 35.9 Å². The molecule has 0 bridgehead atoms. The first-order chi connectivity index (χ1) is 13.0. The summed E-state index contributed by atoms with van der Waals surface area (Å²) in [5, 5.41) is 0. The molecule has 2 fully saturated rings. The van der Waals surface area contributed by atoms with Crippen LogP contribution in [0.1, 0.15) is 24.8 Å². The molecule has 2 saturated heterocycles. The lowest BCUT2D eigenvalue weighted by Crippen LogP contribution is -2.71. The van der Waals surface area contributed by atoms with Crippen LogP contribution in [0.2, 0.25) is 0 Å². The van der Waals surface area contributed by atoms with Crippen LogP contribution < -0.4 is 5.73 Å². The predicted octanol–water partition coefficient (Wildman–Crippen LogP) is 3.00. The van der Waals surface area contributed by atoms with E-state index in [0.717, 1.165) is 11.0 Å². The molecule has 2 aliphatic rings. The lowest BCUT2D eigenvalue weighted by molar-refractivity contribution is -0.194. The lowest BCUT2D eigenvalue weighted by atomic mass is 9.68. The van der Waals surface area contributed by atoms with Gasteiger partial charge in [-0.05, 0) is 24.5 Å². The van der Waals surface area contributed by atoms with Gasteiger partial charge in [-0.1, -0.05) is 0 Å². The summed E-state index contributed by atoms with van der Waals surface area (Å²) in [6.07, 6.45) is -5.18. The van der Waals surface area contributed by atoms with Gasteiger partial charge >= 0.3 is 6.18 Å². The first kappa shape index (κ1) is 20.2. The third-order valence-corrected chi connectivity index (χ3v) is 5.22. The highest BCUT2D eigenvalue weighted by Crippen LogP contribution is 2.51. The van der Waals surface area contributed by atoms with Crippen LogP contribution in [-0.2, 0) is 16.0 Å². The van der Waals surface area contributed by atoms with Crippen molar-refractivity contribution < 1.29 is 35.9 Å². The first-order valence-electron chi connectivity index (χ1n) is 8.48. The average Bonchev–Trinajstić information content (AvgIpc) is 2.98. The van der Waals surface area contributed by atoms with Gasteiger partial charge in [0, 0.05) is 30.8 Å². The zero-order valence-electron chi connectivity index (χ0n) is 14.5. The highest BCUT2D eigenvalue weighted by atomic mass is 19.4. The Morgan fingerprint density at radius 2 is 1.86 bits per heavy atom. The number of carbonyl (C=O) groups is 2. The summed E-state index contributed by atoms with van der Waals surface area (Å²) in [6.45, 7) is 0.171. The number of amides is 1. The Kier molecular flexibility index (Phi) is 4.93. The van der Waals surface area contributed by atoms with E-state index in [-0.39, 0.29) is 24.2 Å². The van der Waals surface area contributed by atoms with E-state index in [2.05, 4.69) is 0 Å². The van der Waals surface area contributed by atoms with E-state index in [4.69, 9.17) is 5.73 Å². The smallest absolute Gasteiger partial charge is 0.389 e. The van der Waals surface area contributed by atoms with Gasteiger partial charge in [0.1, 0.15) is 11.4 Å². The van der Waals surface area contributed by atoms with Crippen LogP contribution in [0.5, 0.6) is 0 Å². The Morgan fingerprint density at radius 1 is 1.21 bits per heavy atom. The van der Waals surface area contributed by atoms with Crippen molar-refractivity contribution in [2.75, 3.05) is 6.54 Å². The van der Waals surface area contributed by atoms with E-state index in [1.54, 1.807) is 0 Å². The Labute approximate surface area is 156 Å². The molecule has 1 amide bonds. The summed E-state index contributed by atoms with van der Waals surface area (Å²) in [6, 6.07) is 0.927. The number of hydrogen-bond donors (Lipinski definition) is 1. The number of fused-ring (bicyclic) bond motifs is 1. The lowest BCUT2D eigenvalue weighted by Gasteiger charge is -2.52. The van der Waals surface area contributed by atoms with Gasteiger partial charge in [-0.25, -0.2) is 13.2 Å². The molecule has 0 radical (unpaired) electrons. The SMILES string of the molecule is N/C(=C/C(=O)C12CCCN1C(=O)C2CC(F)(F)F)Cc1cc(F)c(F)cc1F. The Balaban J connectivity index is 1.84. The molecule has 152 valence electrons. The van der Waals surface area contributed by atoms with Gasteiger partial charge < -0.3 is 10.6 Å². The zero-order valence-corrected chi connectivity index (χ0v) is 14.5. The monoisotopic (exact) mass is 406 g/mol. The number of halogens is 6. The molecule has 28 heavy (non-hydrogen) atoms. The molecule has 2 atom stereocenters. The fraction of sp³-hybridized carbons (Fsp3) is 0.444. The van der Waals surface area contributed by atoms with E-state index < -0.39 is 59.6 Å². The van der Waals surface area contributed by atoms with Crippen LogP contribution in [0.3, 0.4) is 0 Å². The molecule has 2 aliphatic heterocycles. The van der Waals surface area contributed by atoms with Crippen LogP contribution in [0.25, 0.3) is 0 Å². The highest BCUT2D eigenvalue weighted by Gasteiger charge is 2.67. The summed E-state index contributed by atoms with van der Waals surface area (Å²) < 4.78 is 78.5. The number of alkyl halides is 3. The minimum atomic E-state index is -4.62. The molecule has 0 aliphatic carbocycles. The number of benzene rings is 1. The number of allylic oxidation sites excluding steroid dienone is 1. The second-order valence-corrected chi connectivity index (χ2v) is 7.01. The summed E-state index contributed by atoms with van der Waals surface area (Å²) in [5.74, 6) is -6.79. The van der Waals surface area contributed by atoms with Crippen LogP contribution in [0.4, 0.5) is 26.3 Å². The van der Waals surface area contributed by atoms with Gasteiger partial charge in [0.25, 0.3) is 0 Å². The Bertz CT molecular complexity index is 866. The topological polar surface area (TPSA) is 63.4 Å². The maximum atomic E-state index is 13.7.